The van der Waals surface area contributed by atoms with Crippen molar-refractivity contribution in [2.75, 3.05) is 20.8 Å². The van der Waals surface area contributed by atoms with Crippen LogP contribution >= 0.6 is 0 Å². The van der Waals surface area contributed by atoms with Gasteiger partial charge in [0.1, 0.15) is 11.5 Å². The van der Waals surface area contributed by atoms with E-state index in [1.54, 1.807) is 18.9 Å². The Morgan fingerprint density at radius 2 is 1.84 bits per heavy atom. The summed E-state index contributed by atoms with van der Waals surface area (Å²) in [4.78, 5) is 0. The fraction of sp³-hybridized carbons (Fsp3) is 0.385. The first-order chi connectivity index (χ1) is 9.25. The highest BCUT2D eigenvalue weighted by molar-refractivity contribution is 5.38. The Balaban J connectivity index is 2.16. The first kappa shape index (κ1) is 13.4. The maximum atomic E-state index is 5.49. The van der Waals surface area contributed by atoms with Gasteiger partial charge >= 0.3 is 0 Å². The lowest BCUT2D eigenvalue weighted by Crippen LogP contribution is -2.03. The number of aromatic nitrogens is 3. The molecule has 0 aliphatic heterocycles. The van der Waals surface area contributed by atoms with Crippen LogP contribution in [0.4, 0.5) is 0 Å². The zero-order valence-electron chi connectivity index (χ0n) is 11.2. The van der Waals surface area contributed by atoms with E-state index < -0.39 is 0 Å². The molecule has 0 unspecified atom stereocenters. The van der Waals surface area contributed by atoms with E-state index in [9.17, 15) is 0 Å². The SMILES string of the molecule is COc1cc(Cn2cc(CCN)nn2)cc(OC)c1. The second-order valence-electron chi connectivity index (χ2n) is 4.17. The second-order valence-corrected chi connectivity index (χ2v) is 4.17. The molecule has 0 saturated carbocycles. The topological polar surface area (TPSA) is 75.2 Å². The summed E-state index contributed by atoms with van der Waals surface area (Å²) in [5.41, 5.74) is 7.43. The molecular formula is C13H18N4O2. The van der Waals surface area contributed by atoms with Crippen LogP contribution in [0.5, 0.6) is 11.5 Å². The van der Waals surface area contributed by atoms with Crippen molar-refractivity contribution in [3.05, 3.63) is 35.7 Å². The number of ether oxygens (including phenoxy) is 2. The summed E-state index contributed by atoms with van der Waals surface area (Å²) in [7, 11) is 3.26. The molecule has 6 heteroatoms. The molecule has 2 rings (SSSR count). The first-order valence-corrected chi connectivity index (χ1v) is 6.06. The summed E-state index contributed by atoms with van der Waals surface area (Å²) in [6.07, 6.45) is 2.64. The van der Waals surface area contributed by atoms with Crippen LogP contribution in [0.1, 0.15) is 11.3 Å². The number of nitrogens with two attached hydrogens (primary N) is 1. The minimum absolute atomic E-state index is 0.575. The summed E-state index contributed by atoms with van der Waals surface area (Å²) < 4.78 is 12.3. The van der Waals surface area contributed by atoms with Crippen molar-refractivity contribution in [2.45, 2.75) is 13.0 Å². The van der Waals surface area contributed by atoms with Crippen LogP contribution in [0.25, 0.3) is 0 Å². The van der Waals surface area contributed by atoms with Crippen LogP contribution in [-0.2, 0) is 13.0 Å². The second kappa shape index (κ2) is 6.19. The van der Waals surface area contributed by atoms with Crippen LogP contribution in [-0.4, -0.2) is 35.8 Å². The fourth-order valence-corrected chi connectivity index (χ4v) is 1.82. The van der Waals surface area contributed by atoms with Crippen molar-refractivity contribution in [1.82, 2.24) is 15.0 Å². The van der Waals surface area contributed by atoms with E-state index in [0.717, 1.165) is 29.2 Å². The summed E-state index contributed by atoms with van der Waals surface area (Å²) in [5, 5.41) is 8.13. The molecule has 0 spiro atoms. The van der Waals surface area contributed by atoms with Gasteiger partial charge < -0.3 is 15.2 Å². The summed E-state index contributed by atoms with van der Waals surface area (Å²) in [6, 6.07) is 5.74. The Morgan fingerprint density at radius 3 is 2.42 bits per heavy atom. The van der Waals surface area contributed by atoms with Gasteiger partial charge in [-0.25, -0.2) is 4.68 Å². The van der Waals surface area contributed by atoms with Gasteiger partial charge in [0.25, 0.3) is 0 Å². The molecule has 1 heterocycles. The van der Waals surface area contributed by atoms with Crippen molar-refractivity contribution < 1.29 is 9.47 Å². The number of methoxy groups -OCH3 is 2. The Bertz CT molecular complexity index is 517. The van der Waals surface area contributed by atoms with Gasteiger partial charge in [-0.1, -0.05) is 5.21 Å². The third-order valence-corrected chi connectivity index (χ3v) is 2.74. The van der Waals surface area contributed by atoms with E-state index >= 15 is 0 Å². The van der Waals surface area contributed by atoms with Gasteiger partial charge in [0.2, 0.25) is 0 Å². The Morgan fingerprint density at radius 1 is 1.16 bits per heavy atom. The summed E-state index contributed by atoms with van der Waals surface area (Å²) in [5.74, 6) is 1.52. The van der Waals surface area contributed by atoms with Crippen molar-refractivity contribution in [2.24, 2.45) is 5.73 Å². The third kappa shape index (κ3) is 3.45. The molecule has 0 atom stereocenters. The molecule has 2 aromatic rings. The van der Waals surface area contributed by atoms with Crippen molar-refractivity contribution in [3.63, 3.8) is 0 Å². The molecular weight excluding hydrogens is 244 g/mol. The van der Waals surface area contributed by atoms with Gasteiger partial charge in [-0.2, -0.15) is 0 Å². The van der Waals surface area contributed by atoms with Gasteiger partial charge in [-0.05, 0) is 24.2 Å². The lowest BCUT2D eigenvalue weighted by atomic mass is 10.2. The normalized spacial score (nSPS) is 10.5. The number of benzene rings is 1. The molecule has 0 aliphatic rings. The largest absolute Gasteiger partial charge is 0.497 e. The zero-order chi connectivity index (χ0) is 13.7. The quantitative estimate of drug-likeness (QED) is 0.835. The lowest BCUT2D eigenvalue weighted by Gasteiger charge is -2.08. The van der Waals surface area contributed by atoms with E-state index in [1.807, 2.05) is 24.4 Å². The molecule has 0 bridgehead atoms. The van der Waals surface area contributed by atoms with Crippen molar-refractivity contribution >= 4 is 0 Å². The Labute approximate surface area is 112 Å². The number of hydrogen-bond acceptors (Lipinski definition) is 5. The number of nitrogens with zero attached hydrogens (tertiary/aromatic N) is 3. The Kier molecular flexibility index (Phi) is 4.35. The van der Waals surface area contributed by atoms with Gasteiger partial charge in [-0.15, -0.1) is 5.10 Å². The average Bonchev–Trinajstić information content (AvgIpc) is 2.86. The molecule has 0 aliphatic carbocycles. The number of hydrogen-bond donors (Lipinski definition) is 1. The van der Waals surface area contributed by atoms with Gasteiger partial charge in [0.05, 0.1) is 26.5 Å². The monoisotopic (exact) mass is 262 g/mol. The molecule has 0 radical (unpaired) electrons. The Hall–Kier alpha value is -2.08. The van der Waals surface area contributed by atoms with E-state index in [-0.39, 0.29) is 0 Å². The molecule has 19 heavy (non-hydrogen) atoms. The zero-order valence-corrected chi connectivity index (χ0v) is 11.2. The highest BCUT2D eigenvalue weighted by atomic mass is 16.5. The fourth-order valence-electron chi connectivity index (χ4n) is 1.82. The minimum atomic E-state index is 0.575. The van der Waals surface area contributed by atoms with Gasteiger partial charge in [0.15, 0.2) is 0 Å². The van der Waals surface area contributed by atoms with Gasteiger partial charge in [-0.3, -0.25) is 0 Å². The summed E-state index contributed by atoms with van der Waals surface area (Å²) in [6.45, 7) is 1.19. The molecule has 1 aromatic heterocycles. The van der Waals surface area contributed by atoms with Crippen molar-refractivity contribution in [1.29, 1.82) is 0 Å². The molecule has 0 fully saturated rings. The maximum Gasteiger partial charge on any atom is 0.122 e. The van der Waals surface area contributed by atoms with Gasteiger partial charge in [0, 0.05) is 18.7 Å². The molecule has 6 nitrogen and oxygen atoms in total. The van der Waals surface area contributed by atoms with Crippen LogP contribution in [0.2, 0.25) is 0 Å². The predicted molar refractivity (Wildman–Crippen MR) is 71.4 cm³/mol. The van der Waals surface area contributed by atoms with Crippen LogP contribution in [0, 0.1) is 0 Å². The lowest BCUT2D eigenvalue weighted by molar-refractivity contribution is 0.393. The highest BCUT2D eigenvalue weighted by Gasteiger charge is 2.05. The third-order valence-electron chi connectivity index (χ3n) is 2.74. The molecule has 2 N–H and O–H groups in total. The molecule has 0 amide bonds. The minimum Gasteiger partial charge on any atom is -0.497 e. The average molecular weight is 262 g/mol. The summed E-state index contributed by atoms with van der Waals surface area (Å²) >= 11 is 0. The van der Waals surface area contributed by atoms with Crippen LogP contribution in [0.15, 0.2) is 24.4 Å². The van der Waals surface area contributed by atoms with Crippen molar-refractivity contribution in [3.8, 4) is 11.5 Å². The van der Waals surface area contributed by atoms with Crippen LogP contribution in [0.3, 0.4) is 0 Å². The van der Waals surface area contributed by atoms with E-state index in [0.29, 0.717) is 13.1 Å². The molecule has 1 aromatic carbocycles. The highest BCUT2D eigenvalue weighted by Crippen LogP contribution is 2.22. The molecule has 0 saturated heterocycles. The van der Waals surface area contributed by atoms with E-state index in [2.05, 4.69) is 10.3 Å². The van der Waals surface area contributed by atoms with E-state index in [1.165, 1.54) is 0 Å². The van der Waals surface area contributed by atoms with E-state index in [4.69, 9.17) is 15.2 Å². The molecule has 102 valence electrons. The van der Waals surface area contributed by atoms with Crippen LogP contribution < -0.4 is 15.2 Å². The standard InChI is InChI=1S/C13H18N4O2/c1-18-12-5-10(6-13(7-12)19-2)8-17-9-11(3-4-14)15-16-17/h5-7,9H,3-4,8,14H2,1-2H3. The predicted octanol–water partition coefficient (Wildman–Crippen LogP) is 0.845. The smallest absolute Gasteiger partial charge is 0.122 e. The maximum absolute atomic E-state index is 5.49. The first-order valence-electron chi connectivity index (χ1n) is 6.06. The number of rotatable bonds is 6.